The molecule has 3 heterocycles. The third kappa shape index (κ3) is 3.39. The molecule has 2 aromatic heterocycles. The smallest absolute Gasteiger partial charge is 0.255 e. The Kier molecular flexibility index (Phi) is 4.36. The molecule has 0 aliphatic carbocycles. The van der Waals surface area contributed by atoms with Gasteiger partial charge in [-0.05, 0) is 19.1 Å². The molecule has 0 unspecified atom stereocenters. The number of aryl methyl sites for hydroxylation is 1. The maximum atomic E-state index is 12.4. The molecule has 1 fully saturated rings. The van der Waals surface area contributed by atoms with Crippen LogP contribution in [0.25, 0.3) is 0 Å². The van der Waals surface area contributed by atoms with E-state index in [0.717, 1.165) is 18.9 Å². The van der Waals surface area contributed by atoms with Crippen molar-refractivity contribution in [2.45, 2.75) is 6.92 Å². The molecule has 1 aliphatic heterocycles. The average Bonchev–Trinajstić information content (AvgIpc) is 2.61. The van der Waals surface area contributed by atoms with Gasteiger partial charge in [-0.3, -0.25) is 9.78 Å². The van der Waals surface area contributed by atoms with E-state index < -0.39 is 0 Å². The number of hydrogen-bond acceptors (Lipinski definition) is 6. The number of piperazine rings is 1. The van der Waals surface area contributed by atoms with Crippen molar-refractivity contribution in [2.24, 2.45) is 0 Å². The predicted octanol–water partition coefficient (Wildman–Crippen LogP) is 1.15. The minimum atomic E-state index is 0.0224. The van der Waals surface area contributed by atoms with Crippen molar-refractivity contribution >= 4 is 11.7 Å². The Labute approximate surface area is 134 Å². The molecule has 1 aliphatic rings. The number of methoxy groups -OCH3 is 1. The molecule has 0 aromatic carbocycles. The first kappa shape index (κ1) is 15.2. The van der Waals surface area contributed by atoms with Gasteiger partial charge in [0.15, 0.2) is 0 Å². The highest BCUT2D eigenvalue weighted by molar-refractivity contribution is 5.94. The topological polar surface area (TPSA) is 71.5 Å². The number of aromatic nitrogens is 3. The Morgan fingerprint density at radius 3 is 2.65 bits per heavy atom. The molecule has 0 radical (unpaired) electrons. The summed E-state index contributed by atoms with van der Waals surface area (Å²) in [5.41, 5.74) is 0.625. The molecule has 7 heteroatoms. The number of anilines is 1. The second kappa shape index (κ2) is 6.60. The first-order chi connectivity index (χ1) is 11.2. The first-order valence-corrected chi connectivity index (χ1v) is 7.51. The minimum Gasteiger partial charge on any atom is -0.481 e. The molecule has 1 saturated heterocycles. The summed E-state index contributed by atoms with van der Waals surface area (Å²) in [7, 11) is 1.59. The van der Waals surface area contributed by atoms with Crippen molar-refractivity contribution in [1.82, 2.24) is 19.9 Å². The molecule has 0 atom stereocenters. The van der Waals surface area contributed by atoms with Gasteiger partial charge in [0.1, 0.15) is 11.6 Å². The van der Waals surface area contributed by atoms with Crippen molar-refractivity contribution in [3.63, 3.8) is 0 Å². The molecule has 0 bridgehead atoms. The highest BCUT2D eigenvalue weighted by Gasteiger charge is 2.23. The van der Waals surface area contributed by atoms with Crippen LogP contribution < -0.4 is 9.64 Å². The van der Waals surface area contributed by atoms with Gasteiger partial charge in [0.2, 0.25) is 5.88 Å². The Morgan fingerprint density at radius 2 is 2.00 bits per heavy atom. The van der Waals surface area contributed by atoms with Gasteiger partial charge in [0, 0.05) is 44.6 Å². The van der Waals surface area contributed by atoms with Gasteiger partial charge in [-0.2, -0.15) is 4.98 Å². The lowest BCUT2D eigenvalue weighted by Gasteiger charge is -2.35. The molecular weight excluding hydrogens is 294 g/mol. The van der Waals surface area contributed by atoms with E-state index in [2.05, 4.69) is 19.9 Å². The molecule has 2 aromatic rings. The van der Waals surface area contributed by atoms with E-state index in [9.17, 15) is 4.79 Å². The summed E-state index contributed by atoms with van der Waals surface area (Å²) in [6, 6.07) is 5.39. The van der Waals surface area contributed by atoms with Crippen LogP contribution in [0, 0.1) is 6.92 Å². The molecular formula is C16H19N5O2. The van der Waals surface area contributed by atoms with E-state index in [-0.39, 0.29) is 5.91 Å². The lowest BCUT2D eigenvalue weighted by atomic mass is 10.2. The van der Waals surface area contributed by atoms with E-state index in [1.54, 1.807) is 31.6 Å². The largest absolute Gasteiger partial charge is 0.481 e. The van der Waals surface area contributed by atoms with Crippen LogP contribution in [0.1, 0.15) is 16.2 Å². The van der Waals surface area contributed by atoms with Crippen LogP contribution in [0.5, 0.6) is 5.88 Å². The third-order valence-electron chi connectivity index (χ3n) is 3.81. The highest BCUT2D eigenvalue weighted by atomic mass is 16.5. The minimum absolute atomic E-state index is 0.0224. The van der Waals surface area contributed by atoms with Gasteiger partial charge >= 0.3 is 0 Å². The van der Waals surface area contributed by atoms with Crippen molar-refractivity contribution in [1.29, 1.82) is 0 Å². The molecule has 1 amide bonds. The van der Waals surface area contributed by atoms with E-state index in [1.165, 1.54) is 0 Å². The number of ether oxygens (including phenoxy) is 1. The maximum Gasteiger partial charge on any atom is 0.255 e. The zero-order valence-electron chi connectivity index (χ0n) is 13.3. The summed E-state index contributed by atoms with van der Waals surface area (Å²) in [6.45, 7) is 4.60. The van der Waals surface area contributed by atoms with Crippen LogP contribution in [0.15, 0.2) is 30.6 Å². The predicted molar refractivity (Wildman–Crippen MR) is 85.7 cm³/mol. The Hall–Kier alpha value is -2.70. The molecule has 7 nitrogen and oxygen atoms in total. The van der Waals surface area contributed by atoms with Gasteiger partial charge in [0.05, 0.1) is 12.7 Å². The van der Waals surface area contributed by atoms with Crippen LogP contribution in [-0.2, 0) is 0 Å². The van der Waals surface area contributed by atoms with Crippen molar-refractivity contribution in [3.05, 3.63) is 42.0 Å². The number of carbonyl (C=O) groups is 1. The summed E-state index contributed by atoms with van der Waals surface area (Å²) in [6.07, 6.45) is 3.27. The summed E-state index contributed by atoms with van der Waals surface area (Å²) >= 11 is 0. The number of carbonyl (C=O) groups excluding carboxylic acids is 1. The summed E-state index contributed by atoms with van der Waals surface area (Å²) in [4.78, 5) is 29.1. The van der Waals surface area contributed by atoms with E-state index in [1.807, 2.05) is 17.9 Å². The van der Waals surface area contributed by atoms with Crippen molar-refractivity contribution in [3.8, 4) is 5.88 Å². The molecule has 0 saturated carbocycles. The average molecular weight is 313 g/mol. The van der Waals surface area contributed by atoms with Crippen molar-refractivity contribution in [2.75, 3.05) is 38.2 Å². The number of rotatable bonds is 3. The van der Waals surface area contributed by atoms with E-state index in [4.69, 9.17) is 4.74 Å². The Bertz CT molecular complexity index is 684. The monoisotopic (exact) mass is 313 g/mol. The molecule has 0 N–H and O–H groups in total. The van der Waals surface area contributed by atoms with Gasteiger partial charge in [0.25, 0.3) is 5.91 Å². The van der Waals surface area contributed by atoms with Gasteiger partial charge in [-0.25, -0.2) is 4.98 Å². The van der Waals surface area contributed by atoms with Gasteiger partial charge in [-0.1, -0.05) is 0 Å². The fourth-order valence-corrected chi connectivity index (χ4v) is 2.60. The zero-order valence-corrected chi connectivity index (χ0v) is 13.3. The lowest BCUT2D eigenvalue weighted by molar-refractivity contribution is 0.0746. The molecule has 120 valence electrons. The summed E-state index contributed by atoms with van der Waals surface area (Å²) in [5.74, 6) is 2.09. The Morgan fingerprint density at radius 1 is 1.22 bits per heavy atom. The molecule has 23 heavy (non-hydrogen) atoms. The van der Waals surface area contributed by atoms with Crippen molar-refractivity contribution < 1.29 is 9.53 Å². The number of pyridine rings is 1. The SMILES string of the molecule is COc1cc(N2CCN(C(=O)c3cccnc3)CC2)nc(C)n1. The number of amides is 1. The number of nitrogens with zero attached hydrogens (tertiary/aromatic N) is 5. The second-order valence-corrected chi connectivity index (χ2v) is 5.34. The van der Waals surface area contributed by atoms with Crippen LogP contribution in [0.3, 0.4) is 0 Å². The quantitative estimate of drug-likeness (QED) is 0.846. The highest BCUT2D eigenvalue weighted by Crippen LogP contribution is 2.19. The standard InChI is InChI=1S/C16H19N5O2/c1-12-18-14(10-15(19-12)23-2)20-6-8-21(9-7-20)16(22)13-4-3-5-17-11-13/h3-5,10-11H,6-9H2,1-2H3. The maximum absolute atomic E-state index is 12.4. The van der Waals surface area contributed by atoms with Crippen LogP contribution in [0.2, 0.25) is 0 Å². The van der Waals surface area contributed by atoms with E-state index >= 15 is 0 Å². The van der Waals surface area contributed by atoms with Crippen LogP contribution >= 0.6 is 0 Å². The summed E-state index contributed by atoms with van der Waals surface area (Å²) < 4.78 is 5.19. The fourth-order valence-electron chi connectivity index (χ4n) is 2.60. The lowest BCUT2D eigenvalue weighted by Crippen LogP contribution is -2.49. The third-order valence-corrected chi connectivity index (χ3v) is 3.81. The molecule has 0 spiro atoms. The first-order valence-electron chi connectivity index (χ1n) is 7.51. The fraction of sp³-hybridized carbons (Fsp3) is 0.375. The van der Waals surface area contributed by atoms with Gasteiger partial charge < -0.3 is 14.5 Å². The van der Waals surface area contributed by atoms with E-state index in [0.29, 0.717) is 30.4 Å². The summed E-state index contributed by atoms with van der Waals surface area (Å²) in [5, 5.41) is 0. The van der Waals surface area contributed by atoms with Crippen LogP contribution in [-0.4, -0.2) is 59.0 Å². The normalized spacial score (nSPS) is 14.7. The molecule has 3 rings (SSSR count). The van der Waals surface area contributed by atoms with Gasteiger partial charge in [-0.15, -0.1) is 0 Å². The Balaban J connectivity index is 1.67. The second-order valence-electron chi connectivity index (χ2n) is 5.34. The zero-order chi connectivity index (χ0) is 16.2. The van der Waals surface area contributed by atoms with Crippen LogP contribution in [0.4, 0.5) is 5.82 Å². The number of hydrogen-bond donors (Lipinski definition) is 0.